The molecule has 4 rings (SSSR count). The van der Waals surface area contributed by atoms with E-state index in [4.69, 9.17) is 4.98 Å². The third kappa shape index (κ3) is 3.49. The van der Waals surface area contributed by atoms with Gasteiger partial charge in [0.2, 0.25) is 0 Å². The van der Waals surface area contributed by atoms with Crippen LogP contribution in [0.3, 0.4) is 0 Å². The van der Waals surface area contributed by atoms with Gasteiger partial charge in [-0.25, -0.2) is 4.98 Å². The first-order chi connectivity index (χ1) is 12.7. The first kappa shape index (κ1) is 17.2. The summed E-state index contributed by atoms with van der Waals surface area (Å²) in [4.78, 5) is 20.9. The van der Waals surface area contributed by atoms with E-state index in [2.05, 4.69) is 28.7 Å². The molecule has 4 nitrogen and oxygen atoms in total. The zero-order chi connectivity index (χ0) is 17.9. The summed E-state index contributed by atoms with van der Waals surface area (Å²) >= 11 is 1.78. The Morgan fingerprint density at radius 1 is 1.23 bits per heavy atom. The van der Waals surface area contributed by atoms with Crippen LogP contribution in [0.25, 0.3) is 11.0 Å². The number of H-pyrrole nitrogens is 1. The van der Waals surface area contributed by atoms with Crippen molar-refractivity contribution in [2.75, 3.05) is 12.0 Å². The molecule has 5 heteroatoms. The van der Waals surface area contributed by atoms with E-state index in [-0.39, 0.29) is 11.9 Å². The summed E-state index contributed by atoms with van der Waals surface area (Å²) in [6, 6.07) is 14.0. The van der Waals surface area contributed by atoms with Gasteiger partial charge in [0.05, 0.1) is 17.1 Å². The van der Waals surface area contributed by atoms with E-state index in [9.17, 15) is 4.79 Å². The van der Waals surface area contributed by atoms with Crippen molar-refractivity contribution in [2.45, 2.75) is 31.7 Å². The van der Waals surface area contributed by atoms with E-state index in [1.165, 1.54) is 17.5 Å². The van der Waals surface area contributed by atoms with Gasteiger partial charge >= 0.3 is 0 Å². The molecular weight excluding hydrogens is 342 g/mol. The Kier molecular flexibility index (Phi) is 4.98. The number of hydrogen-bond donors (Lipinski definition) is 2. The molecule has 0 spiro atoms. The van der Waals surface area contributed by atoms with Crippen molar-refractivity contribution in [3.05, 3.63) is 65.0 Å². The van der Waals surface area contributed by atoms with E-state index in [1.54, 1.807) is 11.8 Å². The Bertz CT molecular complexity index is 901. The highest BCUT2D eigenvalue weighted by molar-refractivity contribution is 7.98. The highest BCUT2D eigenvalue weighted by Gasteiger charge is 2.20. The summed E-state index contributed by atoms with van der Waals surface area (Å²) in [5.41, 5.74) is 5.39. The number of carbonyl (C=O) groups is 1. The number of thioether (sulfide) groups is 1. The molecule has 0 radical (unpaired) electrons. The monoisotopic (exact) mass is 365 g/mol. The van der Waals surface area contributed by atoms with E-state index in [0.717, 1.165) is 47.4 Å². The van der Waals surface area contributed by atoms with Crippen LogP contribution in [0, 0.1) is 0 Å². The molecule has 134 valence electrons. The van der Waals surface area contributed by atoms with Crippen LogP contribution in [0.15, 0.2) is 42.5 Å². The van der Waals surface area contributed by atoms with Crippen molar-refractivity contribution in [3.63, 3.8) is 0 Å². The molecule has 1 heterocycles. The second-order valence-corrected chi connectivity index (χ2v) is 7.77. The summed E-state index contributed by atoms with van der Waals surface area (Å²) in [5.74, 6) is 1.77. The number of benzene rings is 2. The van der Waals surface area contributed by atoms with Crippen LogP contribution in [0.2, 0.25) is 0 Å². The molecule has 0 saturated heterocycles. The Balaban J connectivity index is 1.57. The number of para-hydroxylation sites is 2. The number of nitrogens with one attached hydrogen (secondary N) is 2. The summed E-state index contributed by atoms with van der Waals surface area (Å²) in [6.07, 6.45) is 6.33. The summed E-state index contributed by atoms with van der Waals surface area (Å²) in [7, 11) is 0. The van der Waals surface area contributed by atoms with Crippen LogP contribution in [0.5, 0.6) is 0 Å². The summed E-state index contributed by atoms with van der Waals surface area (Å²) < 4.78 is 0. The zero-order valence-electron chi connectivity index (χ0n) is 14.9. The van der Waals surface area contributed by atoms with Crippen molar-refractivity contribution in [2.24, 2.45) is 0 Å². The van der Waals surface area contributed by atoms with Crippen molar-refractivity contribution in [1.29, 1.82) is 0 Å². The lowest BCUT2D eigenvalue weighted by molar-refractivity contribution is 0.0934. The Labute approximate surface area is 157 Å². The zero-order valence-corrected chi connectivity index (χ0v) is 15.7. The van der Waals surface area contributed by atoms with Crippen molar-refractivity contribution >= 4 is 28.7 Å². The fraction of sp³-hybridized carbons (Fsp3) is 0.333. The number of carbonyl (C=O) groups excluding carboxylic acids is 1. The van der Waals surface area contributed by atoms with Crippen LogP contribution in [-0.4, -0.2) is 27.9 Å². The van der Waals surface area contributed by atoms with Crippen molar-refractivity contribution < 1.29 is 4.79 Å². The summed E-state index contributed by atoms with van der Waals surface area (Å²) in [5, 5.41) is 3.19. The maximum atomic E-state index is 12.8. The smallest absolute Gasteiger partial charge is 0.251 e. The highest BCUT2D eigenvalue weighted by atomic mass is 32.2. The molecule has 1 amide bonds. The van der Waals surface area contributed by atoms with Gasteiger partial charge < -0.3 is 10.3 Å². The first-order valence-corrected chi connectivity index (χ1v) is 10.5. The average molecular weight is 366 g/mol. The number of aromatic amines is 1. The number of fused-ring (bicyclic) bond motifs is 2. The minimum atomic E-state index is -0.115. The number of imidazole rings is 1. The lowest BCUT2D eigenvalue weighted by Crippen LogP contribution is -2.29. The number of hydrogen-bond acceptors (Lipinski definition) is 3. The first-order valence-electron chi connectivity index (χ1n) is 9.11. The predicted molar refractivity (Wildman–Crippen MR) is 108 cm³/mol. The molecule has 26 heavy (non-hydrogen) atoms. The Morgan fingerprint density at radius 2 is 2.08 bits per heavy atom. The van der Waals surface area contributed by atoms with Gasteiger partial charge in [-0.15, -0.1) is 0 Å². The van der Waals surface area contributed by atoms with Crippen molar-refractivity contribution in [3.8, 4) is 0 Å². The number of rotatable bonds is 6. The number of aromatic nitrogens is 2. The van der Waals surface area contributed by atoms with Crippen LogP contribution in [0.4, 0.5) is 0 Å². The van der Waals surface area contributed by atoms with Crippen LogP contribution < -0.4 is 5.32 Å². The molecule has 0 aliphatic heterocycles. The highest BCUT2D eigenvalue weighted by Crippen LogP contribution is 2.24. The summed E-state index contributed by atoms with van der Waals surface area (Å²) in [6.45, 7) is 0. The molecule has 0 unspecified atom stereocenters. The van der Waals surface area contributed by atoms with E-state index in [0.29, 0.717) is 0 Å². The second kappa shape index (κ2) is 7.54. The number of amides is 1. The average Bonchev–Trinajstić information content (AvgIpc) is 3.30. The topological polar surface area (TPSA) is 57.8 Å². The van der Waals surface area contributed by atoms with Gasteiger partial charge in [-0.3, -0.25) is 4.79 Å². The molecule has 2 N–H and O–H groups in total. The number of aryl methyl sites for hydroxylation is 2. The molecule has 1 aliphatic carbocycles. The molecule has 1 atom stereocenters. The maximum Gasteiger partial charge on any atom is 0.251 e. The predicted octanol–water partition coefficient (Wildman–Crippen LogP) is 4.28. The molecular formula is C21H23N3OS. The third-order valence-corrected chi connectivity index (χ3v) is 5.66. The minimum absolute atomic E-state index is 0.0220. The van der Waals surface area contributed by atoms with Gasteiger partial charge in [0.1, 0.15) is 5.82 Å². The molecule has 2 aromatic carbocycles. The molecule has 3 aromatic rings. The largest absolute Gasteiger partial charge is 0.342 e. The van der Waals surface area contributed by atoms with Crippen LogP contribution in [-0.2, 0) is 12.8 Å². The van der Waals surface area contributed by atoms with Crippen molar-refractivity contribution in [1.82, 2.24) is 15.3 Å². The normalized spacial score (nSPS) is 14.3. The fourth-order valence-corrected chi connectivity index (χ4v) is 4.08. The van der Waals surface area contributed by atoms with Gasteiger partial charge in [0.25, 0.3) is 5.91 Å². The molecule has 1 aliphatic rings. The van der Waals surface area contributed by atoms with E-state index >= 15 is 0 Å². The molecule has 1 aromatic heterocycles. The Morgan fingerprint density at radius 3 is 2.92 bits per heavy atom. The van der Waals surface area contributed by atoms with Crippen LogP contribution in [0.1, 0.15) is 46.2 Å². The van der Waals surface area contributed by atoms with Crippen LogP contribution >= 0.6 is 11.8 Å². The van der Waals surface area contributed by atoms with Gasteiger partial charge in [-0.05, 0) is 73.1 Å². The third-order valence-electron chi connectivity index (χ3n) is 5.01. The molecule has 0 fully saturated rings. The standard InChI is InChI=1S/C21H23N3OS/c1-26-12-11-19(20-22-17-7-2-3-8-18(17)23-20)24-21(25)16-10-9-14-5-4-6-15(14)13-16/h2-3,7-10,13,19H,4-6,11-12H2,1H3,(H,22,23)(H,24,25)/t19-/m1/s1. The van der Waals surface area contributed by atoms with E-state index < -0.39 is 0 Å². The minimum Gasteiger partial charge on any atom is -0.342 e. The molecule has 0 saturated carbocycles. The van der Waals surface area contributed by atoms with E-state index in [1.807, 2.05) is 30.3 Å². The maximum absolute atomic E-state index is 12.8. The van der Waals surface area contributed by atoms with Gasteiger partial charge in [-0.2, -0.15) is 11.8 Å². The second-order valence-electron chi connectivity index (χ2n) is 6.78. The SMILES string of the molecule is CSCC[C@@H](NC(=O)c1ccc2c(c1)CCC2)c1nc2ccccc2[nH]1. The van der Waals surface area contributed by atoms with Gasteiger partial charge in [0.15, 0.2) is 0 Å². The van der Waals surface area contributed by atoms with Gasteiger partial charge in [-0.1, -0.05) is 18.2 Å². The lowest BCUT2D eigenvalue weighted by Gasteiger charge is -2.17. The fourth-order valence-electron chi connectivity index (χ4n) is 3.61. The quantitative estimate of drug-likeness (QED) is 0.686. The lowest BCUT2D eigenvalue weighted by atomic mass is 10.1. The van der Waals surface area contributed by atoms with Gasteiger partial charge in [0, 0.05) is 5.56 Å². The molecule has 0 bridgehead atoms. The Hall–Kier alpha value is -2.27. The number of nitrogens with zero attached hydrogens (tertiary/aromatic N) is 1.